The van der Waals surface area contributed by atoms with E-state index in [1.165, 1.54) is 0 Å². The number of aromatic amines is 1. The maximum Gasteiger partial charge on any atom is 0.185 e. The van der Waals surface area contributed by atoms with Gasteiger partial charge in [-0.3, -0.25) is 5.41 Å². The van der Waals surface area contributed by atoms with E-state index in [1.54, 1.807) is 6.07 Å². The summed E-state index contributed by atoms with van der Waals surface area (Å²) in [4.78, 5) is 3.50. The monoisotopic (exact) mass is 459 g/mol. The molecule has 0 saturated carbocycles. The first kappa shape index (κ1) is 20.7. The molecule has 0 aliphatic heterocycles. The van der Waals surface area contributed by atoms with Crippen LogP contribution in [0.15, 0.2) is 48.5 Å². The Bertz CT molecular complexity index is 1250. The van der Waals surface area contributed by atoms with Crippen LogP contribution in [-0.4, -0.2) is 17.5 Å². The van der Waals surface area contributed by atoms with Crippen LogP contribution in [0.3, 0.4) is 0 Å². The highest BCUT2D eigenvalue weighted by atomic mass is 35.5. The number of hydrogen-bond acceptors (Lipinski definition) is 2. The molecule has 0 aliphatic carbocycles. The molecule has 0 fully saturated rings. The minimum Gasteiger partial charge on any atom is -0.381 e. The number of hydrogen-bond donors (Lipinski definition) is 5. The van der Waals surface area contributed by atoms with Crippen molar-refractivity contribution in [1.82, 2.24) is 10.3 Å². The summed E-state index contributed by atoms with van der Waals surface area (Å²) in [5.74, 6) is -0.0384. The van der Waals surface area contributed by atoms with Gasteiger partial charge in [-0.15, -0.1) is 0 Å². The van der Waals surface area contributed by atoms with Gasteiger partial charge in [0.2, 0.25) is 0 Å². The zero-order chi connectivity index (χ0) is 21.3. The molecule has 6 N–H and O–H groups in total. The standard InChI is InChI=1S/C22H20Cl3N5/c23-14-2-4-20-16(9-14)17-10-15(29-11-12-1-3-18(24)19(25)7-12)8-13(21(17)30-20)5-6-28-22(26)27/h1-4,7-10,29-30H,5-6,11H2,(H4,26,27,28). The van der Waals surface area contributed by atoms with Gasteiger partial charge >= 0.3 is 0 Å². The Morgan fingerprint density at radius 3 is 2.57 bits per heavy atom. The fourth-order valence-electron chi connectivity index (χ4n) is 3.53. The summed E-state index contributed by atoms with van der Waals surface area (Å²) in [5.41, 5.74) is 10.6. The first-order valence-corrected chi connectivity index (χ1v) is 10.5. The molecule has 0 amide bonds. The van der Waals surface area contributed by atoms with Crippen molar-refractivity contribution in [1.29, 1.82) is 5.41 Å². The van der Waals surface area contributed by atoms with Crippen LogP contribution in [0.5, 0.6) is 0 Å². The first-order valence-electron chi connectivity index (χ1n) is 9.40. The van der Waals surface area contributed by atoms with Crippen LogP contribution in [0, 0.1) is 5.41 Å². The molecule has 4 rings (SSSR count). The topological polar surface area (TPSA) is 89.7 Å². The lowest BCUT2D eigenvalue weighted by molar-refractivity contribution is 0.857. The van der Waals surface area contributed by atoms with Gasteiger partial charge in [0.15, 0.2) is 5.96 Å². The summed E-state index contributed by atoms with van der Waals surface area (Å²) in [6.07, 6.45) is 0.707. The van der Waals surface area contributed by atoms with Crippen LogP contribution < -0.4 is 16.4 Å². The van der Waals surface area contributed by atoms with Crippen molar-refractivity contribution in [3.63, 3.8) is 0 Å². The number of benzene rings is 3. The maximum atomic E-state index is 7.38. The average Bonchev–Trinajstić information content (AvgIpc) is 3.07. The van der Waals surface area contributed by atoms with E-state index in [1.807, 2.05) is 30.3 Å². The molecule has 30 heavy (non-hydrogen) atoms. The number of fused-ring (bicyclic) bond motifs is 3. The number of H-pyrrole nitrogens is 1. The second-order valence-electron chi connectivity index (χ2n) is 7.07. The third kappa shape index (κ3) is 4.43. The van der Waals surface area contributed by atoms with E-state index in [0.29, 0.717) is 34.6 Å². The van der Waals surface area contributed by atoms with Gasteiger partial charge in [-0.1, -0.05) is 40.9 Å². The highest BCUT2D eigenvalue weighted by Gasteiger charge is 2.11. The number of nitrogens with two attached hydrogens (primary N) is 1. The third-order valence-corrected chi connectivity index (χ3v) is 5.92. The van der Waals surface area contributed by atoms with E-state index in [2.05, 4.69) is 27.8 Å². The van der Waals surface area contributed by atoms with Crippen molar-refractivity contribution in [2.75, 3.05) is 11.9 Å². The molecule has 0 unspecified atom stereocenters. The third-order valence-electron chi connectivity index (χ3n) is 4.94. The molecular formula is C22H20Cl3N5. The van der Waals surface area contributed by atoms with Gasteiger partial charge in [-0.25, -0.2) is 0 Å². The molecule has 0 atom stereocenters. The van der Waals surface area contributed by atoms with E-state index in [9.17, 15) is 0 Å². The lowest BCUT2D eigenvalue weighted by Crippen LogP contribution is -2.31. The van der Waals surface area contributed by atoms with Gasteiger partial charge in [0.05, 0.1) is 10.0 Å². The molecule has 1 aromatic heterocycles. The smallest absolute Gasteiger partial charge is 0.185 e. The Balaban J connectivity index is 1.70. The van der Waals surface area contributed by atoms with Crippen LogP contribution >= 0.6 is 34.8 Å². The molecule has 0 radical (unpaired) electrons. The number of nitrogens with one attached hydrogen (secondary N) is 4. The minimum atomic E-state index is -0.0384. The molecular weight excluding hydrogens is 441 g/mol. The van der Waals surface area contributed by atoms with Crippen molar-refractivity contribution < 1.29 is 0 Å². The van der Waals surface area contributed by atoms with E-state index in [4.69, 9.17) is 45.9 Å². The lowest BCUT2D eigenvalue weighted by atomic mass is 10.0. The summed E-state index contributed by atoms with van der Waals surface area (Å²) in [5, 5.41) is 17.6. The number of rotatable bonds is 6. The molecule has 3 aromatic carbocycles. The van der Waals surface area contributed by atoms with E-state index in [-0.39, 0.29) is 5.96 Å². The minimum absolute atomic E-state index is 0.0384. The molecule has 154 valence electrons. The number of anilines is 1. The number of halogens is 3. The summed E-state index contributed by atoms with van der Waals surface area (Å²) in [7, 11) is 0. The van der Waals surface area contributed by atoms with Crippen LogP contribution in [0.2, 0.25) is 15.1 Å². The van der Waals surface area contributed by atoms with Gasteiger partial charge in [0.1, 0.15) is 0 Å². The van der Waals surface area contributed by atoms with E-state index in [0.717, 1.165) is 38.6 Å². The Labute approximate surface area is 189 Å². The largest absolute Gasteiger partial charge is 0.381 e. The zero-order valence-corrected chi connectivity index (χ0v) is 18.2. The van der Waals surface area contributed by atoms with E-state index < -0.39 is 0 Å². The summed E-state index contributed by atoms with van der Waals surface area (Å²) >= 11 is 18.4. The highest BCUT2D eigenvalue weighted by molar-refractivity contribution is 6.42. The predicted octanol–water partition coefficient (Wildman–Crippen LogP) is 5.92. The first-order chi connectivity index (χ1) is 14.4. The molecule has 0 aliphatic rings. The zero-order valence-electron chi connectivity index (χ0n) is 16.0. The normalized spacial score (nSPS) is 11.2. The lowest BCUT2D eigenvalue weighted by Gasteiger charge is -2.12. The molecule has 5 nitrogen and oxygen atoms in total. The number of guanidine groups is 1. The summed E-state index contributed by atoms with van der Waals surface area (Å²) in [6, 6.07) is 15.7. The van der Waals surface area contributed by atoms with Crippen LogP contribution in [0.1, 0.15) is 11.1 Å². The molecule has 0 spiro atoms. The van der Waals surface area contributed by atoms with Crippen molar-refractivity contribution >= 4 is 68.3 Å². The molecule has 1 heterocycles. The van der Waals surface area contributed by atoms with Crippen LogP contribution in [0.4, 0.5) is 5.69 Å². The van der Waals surface area contributed by atoms with Gasteiger partial charge < -0.3 is 21.4 Å². The maximum absolute atomic E-state index is 7.38. The fourth-order valence-corrected chi connectivity index (χ4v) is 4.02. The summed E-state index contributed by atoms with van der Waals surface area (Å²) < 4.78 is 0. The van der Waals surface area contributed by atoms with Crippen LogP contribution in [0.25, 0.3) is 21.8 Å². The van der Waals surface area contributed by atoms with Crippen molar-refractivity contribution in [2.24, 2.45) is 5.73 Å². The second kappa shape index (κ2) is 8.64. The predicted molar refractivity (Wildman–Crippen MR) is 128 cm³/mol. The SMILES string of the molecule is N=C(N)NCCc1cc(NCc2ccc(Cl)c(Cl)c2)cc2c1[nH]c1ccc(Cl)cc12. The quantitative estimate of drug-likeness (QED) is 0.183. The van der Waals surface area contributed by atoms with E-state index >= 15 is 0 Å². The highest BCUT2D eigenvalue weighted by Crippen LogP contribution is 2.33. The number of aromatic nitrogens is 1. The average molecular weight is 461 g/mol. The Morgan fingerprint density at radius 1 is 0.967 bits per heavy atom. The van der Waals surface area contributed by atoms with Crippen molar-refractivity contribution in [2.45, 2.75) is 13.0 Å². The van der Waals surface area contributed by atoms with Gasteiger partial charge in [0.25, 0.3) is 0 Å². The molecule has 0 saturated heterocycles. The molecule has 4 aromatic rings. The molecule has 8 heteroatoms. The Kier molecular flexibility index (Phi) is 5.95. The van der Waals surface area contributed by atoms with Crippen molar-refractivity contribution in [3.05, 3.63) is 74.7 Å². The summed E-state index contributed by atoms with van der Waals surface area (Å²) in [6.45, 7) is 1.17. The van der Waals surface area contributed by atoms with Gasteiger partial charge in [0, 0.05) is 45.6 Å². The van der Waals surface area contributed by atoms with Crippen LogP contribution in [-0.2, 0) is 13.0 Å². The fraction of sp³-hybridized carbons (Fsp3) is 0.136. The van der Waals surface area contributed by atoms with Gasteiger partial charge in [-0.05, 0) is 60.0 Å². The Morgan fingerprint density at radius 2 is 1.80 bits per heavy atom. The molecule has 0 bridgehead atoms. The second-order valence-corrected chi connectivity index (χ2v) is 8.32. The Hall–Kier alpha value is -2.60. The van der Waals surface area contributed by atoms with Gasteiger partial charge in [-0.2, -0.15) is 0 Å². The van der Waals surface area contributed by atoms with Crippen molar-refractivity contribution in [3.8, 4) is 0 Å².